The van der Waals surface area contributed by atoms with Crippen molar-refractivity contribution in [2.45, 2.75) is 69.4 Å². The van der Waals surface area contributed by atoms with E-state index in [1.165, 1.54) is 0 Å². The van der Waals surface area contributed by atoms with E-state index < -0.39 is 7.60 Å². The molecule has 0 spiro atoms. The first-order valence-electron chi connectivity index (χ1n) is 9.62. The number of rotatable bonds is 6. The lowest BCUT2D eigenvalue weighted by molar-refractivity contribution is -0.145. The van der Waals surface area contributed by atoms with Gasteiger partial charge < -0.3 is 25.2 Å². The lowest BCUT2D eigenvalue weighted by atomic mass is 9.90. The fourth-order valence-corrected chi connectivity index (χ4v) is 4.63. The number of nitrogens with two attached hydrogens (primary N) is 1. The Morgan fingerprint density at radius 3 is 2.30 bits per heavy atom. The van der Waals surface area contributed by atoms with Crippen molar-refractivity contribution in [3.8, 4) is 0 Å². The van der Waals surface area contributed by atoms with Crippen LogP contribution in [0.3, 0.4) is 0 Å². The predicted octanol–water partition coefficient (Wildman–Crippen LogP) is 2.14. The van der Waals surface area contributed by atoms with Crippen LogP contribution >= 0.6 is 7.60 Å². The molecular weight excluding hydrogens is 367 g/mol. The highest BCUT2D eigenvalue weighted by molar-refractivity contribution is 7.50. The van der Waals surface area contributed by atoms with Crippen molar-refractivity contribution >= 4 is 13.5 Å². The van der Waals surface area contributed by atoms with E-state index in [0.29, 0.717) is 18.7 Å². The average molecular weight is 396 g/mol. The van der Waals surface area contributed by atoms with Crippen molar-refractivity contribution in [1.82, 2.24) is 4.90 Å². The van der Waals surface area contributed by atoms with Gasteiger partial charge in [-0.05, 0) is 49.7 Å². The van der Waals surface area contributed by atoms with E-state index in [4.69, 9.17) is 20.3 Å². The van der Waals surface area contributed by atoms with E-state index >= 15 is 0 Å². The molecule has 1 saturated carbocycles. The number of benzene rings is 1. The van der Waals surface area contributed by atoms with Crippen LogP contribution in [0.4, 0.5) is 0 Å². The van der Waals surface area contributed by atoms with Crippen molar-refractivity contribution in [1.29, 1.82) is 0 Å². The summed E-state index contributed by atoms with van der Waals surface area (Å²) in [5.41, 5.74) is 7.56. The number of hydrogen-bond acceptors (Lipinski definition) is 4. The Labute approximate surface area is 160 Å². The molecule has 2 fully saturated rings. The largest absolute Gasteiger partial charge is 0.368 e. The van der Waals surface area contributed by atoms with Gasteiger partial charge in [0.2, 0.25) is 0 Å². The molecule has 1 aliphatic heterocycles. The number of ether oxygens (including phenoxy) is 1. The van der Waals surface area contributed by atoms with Gasteiger partial charge in [0.25, 0.3) is 5.91 Å². The van der Waals surface area contributed by atoms with E-state index in [1.54, 1.807) is 12.1 Å². The number of carbonyl (C=O) groups is 1. The van der Waals surface area contributed by atoms with Gasteiger partial charge in [-0.2, -0.15) is 0 Å². The van der Waals surface area contributed by atoms with E-state index in [1.807, 2.05) is 17.0 Å². The molecule has 1 amide bonds. The Balaban J connectivity index is 1.72. The molecule has 1 aromatic rings. The minimum atomic E-state index is -4.08. The zero-order valence-corrected chi connectivity index (χ0v) is 16.4. The van der Waals surface area contributed by atoms with Crippen LogP contribution in [0.2, 0.25) is 0 Å². The molecule has 1 aliphatic carbocycles. The summed E-state index contributed by atoms with van der Waals surface area (Å²) in [6.07, 6.45) is 4.69. The Bertz CT molecular complexity index is 676. The summed E-state index contributed by atoms with van der Waals surface area (Å²) in [6, 6.07) is 7.51. The number of amides is 1. The van der Waals surface area contributed by atoms with Crippen LogP contribution in [-0.4, -0.2) is 45.4 Å². The number of carbonyl (C=O) groups excluding carboxylic acids is 1. The van der Waals surface area contributed by atoms with E-state index in [-0.39, 0.29) is 30.3 Å². The smallest absolute Gasteiger partial charge is 0.329 e. The molecule has 0 bridgehead atoms. The maximum absolute atomic E-state index is 13.1. The molecule has 0 aromatic heterocycles. The Morgan fingerprint density at radius 1 is 1.11 bits per heavy atom. The third-order valence-corrected chi connectivity index (χ3v) is 6.21. The van der Waals surface area contributed by atoms with Gasteiger partial charge in [0.15, 0.2) is 0 Å². The van der Waals surface area contributed by atoms with Crippen LogP contribution in [0.1, 0.15) is 49.7 Å². The van der Waals surface area contributed by atoms with Crippen LogP contribution in [0, 0.1) is 0 Å². The molecular formula is C19H29N2O5P. The summed E-state index contributed by atoms with van der Waals surface area (Å²) in [6.45, 7) is 1.12. The van der Waals surface area contributed by atoms with Gasteiger partial charge >= 0.3 is 7.60 Å². The van der Waals surface area contributed by atoms with Crippen LogP contribution in [0.15, 0.2) is 24.3 Å². The summed E-state index contributed by atoms with van der Waals surface area (Å²) in [4.78, 5) is 33.2. The SMILES string of the molecule is NC1CCC(N(Cc2ccc(CP(=O)(O)O)cc2)C(=O)C2CCCO2)CC1. The Hall–Kier alpha value is -1.24. The second kappa shape index (κ2) is 8.84. The summed E-state index contributed by atoms with van der Waals surface area (Å²) < 4.78 is 16.8. The molecule has 3 rings (SSSR count). The molecule has 4 N–H and O–H groups in total. The summed E-state index contributed by atoms with van der Waals surface area (Å²) in [5.74, 6) is 0.0484. The van der Waals surface area contributed by atoms with Gasteiger partial charge in [0.1, 0.15) is 6.10 Å². The fraction of sp³-hybridized carbons (Fsp3) is 0.632. The van der Waals surface area contributed by atoms with Crippen LogP contribution in [0.5, 0.6) is 0 Å². The van der Waals surface area contributed by atoms with Crippen molar-refractivity contribution in [2.75, 3.05) is 6.61 Å². The molecule has 1 unspecified atom stereocenters. The predicted molar refractivity (Wildman–Crippen MR) is 102 cm³/mol. The maximum atomic E-state index is 13.1. The molecule has 1 aromatic carbocycles. The first-order valence-corrected chi connectivity index (χ1v) is 11.4. The summed E-state index contributed by atoms with van der Waals surface area (Å²) in [5, 5.41) is 0. The van der Waals surface area contributed by atoms with Crippen LogP contribution < -0.4 is 5.73 Å². The van der Waals surface area contributed by atoms with Crippen LogP contribution in [-0.2, 0) is 26.8 Å². The maximum Gasteiger partial charge on any atom is 0.329 e. The summed E-state index contributed by atoms with van der Waals surface area (Å²) >= 11 is 0. The first kappa shape index (κ1) is 20.5. The Kier molecular flexibility index (Phi) is 6.71. The second-order valence-electron chi connectivity index (χ2n) is 7.68. The standard InChI is InChI=1S/C19H29N2O5P/c20-16-7-9-17(10-8-16)21(19(22)18-2-1-11-26-18)12-14-3-5-15(6-4-14)13-27(23,24)25/h3-6,16-18H,1-2,7-13,20H2,(H2,23,24,25). The van der Waals surface area contributed by atoms with Gasteiger partial charge in [-0.3, -0.25) is 9.36 Å². The topological polar surface area (TPSA) is 113 Å². The van der Waals surface area contributed by atoms with E-state index in [0.717, 1.165) is 44.1 Å². The van der Waals surface area contributed by atoms with Gasteiger partial charge in [0.05, 0.1) is 6.16 Å². The van der Waals surface area contributed by atoms with E-state index in [9.17, 15) is 9.36 Å². The lowest BCUT2D eigenvalue weighted by Crippen LogP contribution is -2.47. The highest BCUT2D eigenvalue weighted by Crippen LogP contribution is 2.39. The fourth-order valence-electron chi connectivity index (χ4n) is 3.94. The molecule has 27 heavy (non-hydrogen) atoms. The highest BCUT2D eigenvalue weighted by atomic mass is 31.2. The molecule has 1 atom stereocenters. The first-order chi connectivity index (χ1) is 12.8. The second-order valence-corrected chi connectivity index (χ2v) is 9.32. The lowest BCUT2D eigenvalue weighted by Gasteiger charge is -2.37. The van der Waals surface area contributed by atoms with Crippen molar-refractivity contribution < 1.29 is 23.9 Å². The molecule has 1 heterocycles. The van der Waals surface area contributed by atoms with Crippen molar-refractivity contribution in [3.63, 3.8) is 0 Å². The highest BCUT2D eigenvalue weighted by Gasteiger charge is 2.34. The molecule has 1 saturated heterocycles. The van der Waals surface area contributed by atoms with Gasteiger partial charge in [-0.15, -0.1) is 0 Å². The zero-order chi connectivity index (χ0) is 19.4. The average Bonchev–Trinajstić information content (AvgIpc) is 3.15. The molecule has 2 aliphatic rings. The minimum Gasteiger partial charge on any atom is -0.368 e. The van der Waals surface area contributed by atoms with Crippen LogP contribution in [0.25, 0.3) is 0 Å². The van der Waals surface area contributed by atoms with Crippen molar-refractivity contribution in [3.05, 3.63) is 35.4 Å². The van der Waals surface area contributed by atoms with Gasteiger partial charge in [0, 0.05) is 25.2 Å². The van der Waals surface area contributed by atoms with Crippen molar-refractivity contribution in [2.24, 2.45) is 5.73 Å². The molecule has 7 nitrogen and oxygen atoms in total. The quantitative estimate of drug-likeness (QED) is 0.635. The molecule has 0 radical (unpaired) electrons. The minimum absolute atomic E-state index is 0.0484. The van der Waals surface area contributed by atoms with Gasteiger partial charge in [-0.25, -0.2) is 0 Å². The Morgan fingerprint density at radius 2 is 1.74 bits per heavy atom. The third-order valence-electron chi connectivity index (χ3n) is 5.43. The van der Waals surface area contributed by atoms with E-state index in [2.05, 4.69) is 0 Å². The number of nitrogens with zero attached hydrogens (tertiary/aromatic N) is 1. The number of hydrogen-bond donors (Lipinski definition) is 3. The monoisotopic (exact) mass is 396 g/mol. The van der Waals surface area contributed by atoms with Gasteiger partial charge in [-0.1, -0.05) is 24.3 Å². The molecule has 150 valence electrons. The summed E-state index contributed by atoms with van der Waals surface area (Å²) in [7, 11) is -4.08. The zero-order valence-electron chi connectivity index (χ0n) is 15.5. The molecule has 8 heteroatoms. The normalized spacial score (nSPS) is 26.1. The third kappa shape index (κ3) is 5.87.